The van der Waals surface area contributed by atoms with Gasteiger partial charge in [-0.15, -0.1) is 0 Å². The lowest BCUT2D eigenvalue weighted by Crippen LogP contribution is -2.13. The normalized spacial score (nSPS) is 10.7. The molecule has 1 N–H and O–H groups in total. The van der Waals surface area contributed by atoms with Crippen LogP contribution in [0.25, 0.3) is 0 Å². The maximum absolute atomic E-state index is 10.6. The molecule has 3 heteroatoms. The third-order valence-corrected chi connectivity index (χ3v) is 0.987. The fraction of sp³-hybridized carbons (Fsp3) is 0.143. The van der Waals surface area contributed by atoms with Crippen molar-refractivity contribution >= 4 is 11.8 Å². The number of allylic oxidation sites excluding steroid dienone is 2. The van der Waals surface area contributed by atoms with Gasteiger partial charge in [0.15, 0.2) is 0 Å². The number of carbonyl (C=O) groups is 2. The first-order chi connectivity index (χ1) is 4.63. The van der Waals surface area contributed by atoms with E-state index in [1.807, 2.05) is 0 Å². The van der Waals surface area contributed by atoms with Gasteiger partial charge in [0.2, 0.25) is 0 Å². The van der Waals surface area contributed by atoms with Crippen molar-refractivity contribution in [1.82, 2.24) is 0 Å². The van der Waals surface area contributed by atoms with Gasteiger partial charge in [-0.05, 0) is 6.92 Å². The van der Waals surface area contributed by atoms with Crippen molar-refractivity contribution in [3.63, 3.8) is 0 Å². The molecule has 0 bridgehead atoms. The molecule has 0 rings (SSSR count). The van der Waals surface area contributed by atoms with Crippen LogP contribution in [0.1, 0.15) is 6.92 Å². The Labute approximate surface area is 58.7 Å². The van der Waals surface area contributed by atoms with E-state index in [2.05, 4.69) is 6.58 Å². The Morgan fingerprint density at radius 2 is 2.00 bits per heavy atom. The molecule has 0 atom stereocenters. The Balaban J connectivity index is 4.48. The van der Waals surface area contributed by atoms with Crippen molar-refractivity contribution in [3.05, 3.63) is 24.3 Å². The third-order valence-electron chi connectivity index (χ3n) is 0.987. The predicted octanol–water partition coefficient (Wildman–Crippen LogP) is 0.772. The largest absolute Gasteiger partial charge is 0.475 e. The van der Waals surface area contributed by atoms with Crippen LogP contribution in [0.4, 0.5) is 0 Å². The molecule has 0 aliphatic heterocycles. The summed E-state index contributed by atoms with van der Waals surface area (Å²) in [7, 11) is 0. The Hall–Kier alpha value is -1.38. The average molecular weight is 140 g/mol. The first-order valence-corrected chi connectivity index (χ1v) is 2.69. The van der Waals surface area contributed by atoms with E-state index < -0.39 is 11.8 Å². The number of Topliss-reactive ketones (excluding diaryl/α,β-unsaturated/α-hetero) is 1. The molecule has 0 radical (unpaired) electrons. The molecule has 0 saturated carbocycles. The van der Waals surface area contributed by atoms with Crippen LogP contribution in [0.2, 0.25) is 0 Å². The first-order valence-electron chi connectivity index (χ1n) is 2.69. The average Bonchev–Trinajstić information content (AvgIpc) is 1.90. The van der Waals surface area contributed by atoms with E-state index in [-0.39, 0.29) is 5.57 Å². The maximum Gasteiger partial charge on any atom is 0.377 e. The number of hydrogen-bond donors (Lipinski definition) is 1. The number of ketones is 1. The van der Waals surface area contributed by atoms with E-state index in [0.29, 0.717) is 0 Å². The van der Waals surface area contributed by atoms with E-state index >= 15 is 0 Å². The molecule has 54 valence electrons. The van der Waals surface area contributed by atoms with E-state index in [9.17, 15) is 9.59 Å². The van der Waals surface area contributed by atoms with Gasteiger partial charge in [0.25, 0.3) is 5.78 Å². The number of carboxylic acid groups (broad SMARTS) is 1. The van der Waals surface area contributed by atoms with Crippen LogP contribution in [0.15, 0.2) is 24.3 Å². The number of carbonyl (C=O) groups excluding carboxylic acids is 1. The lowest BCUT2D eigenvalue weighted by atomic mass is 10.1. The highest BCUT2D eigenvalue weighted by Gasteiger charge is 2.12. The van der Waals surface area contributed by atoms with Gasteiger partial charge in [-0.1, -0.05) is 18.7 Å². The first kappa shape index (κ1) is 8.62. The number of aliphatic carboxylic acids is 1. The standard InChI is InChI=1S/C7H8O3/c1-3-5(4-2)6(8)7(9)10/h3-4H,1H2,2H3,(H,9,10)/b5-4+. The van der Waals surface area contributed by atoms with Gasteiger partial charge in [-0.3, -0.25) is 4.79 Å². The summed E-state index contributed by atoms with van der Waals surface area (Å²) in [6.45, 7) is 4.86. The molecule has 10 heavy (non-hydrogen) atoms. The molecule has 0 aliphatic carbocycles. The summed E-state index contributed by atoms with van der Waals surface area (Å²) in [5.41, 5.74) is 0.118. The summed E-state index contributed by atoms with van der Waals surface area (Å²) in [6.07, 6.45) is 2.62. The SMILES string of the molecule is C=C/C(=C\C)C(=O)C(=O)O. The smallest absolute Gasteiger partial charge is 0.377 e. The molecule has 0 aromatic heterocycles. The molecule has 0 aromatic carbocycles. The number of hydrogen-bond acceptors (Lipinski definition) is 2. The second kappa shape index (κ2) is 3.61. The van der Waals surface area contributed by atoms with Gasteiger partial charge in [-0.25, -0.2) is 4.79 Å². The quantitative estimate of drug-likeness (QED) is 0.358. The highest BCUT2D eigenvalue weighted by molar-refractivity contribution is 6.40. The number of carboxylic acids is 1. The van der Waals surface area contributed by atoms with Crippen molar-refractivity contribution in [2.24, 2.45) is 0 Å². The molecule has 0 unspecified atom stereocenters. The summed E-state index contributed by atoms with van der Waals surface area (Å²) >= 11 is 0. The van der Waals surface area contributed by atoms with Crippen molar-refractivity contribution in [2.75, 3.05) is 0 Å². The molecule has 0 aromatic rings. The molecule has 0 heterocycles. The predicted molar refractivity (Wildman–Crippen MR) is 36.6 cm³/mol. The molecular formula is C7H8O3. The van der Waals surface area contributed by atoms with E-state index in [1.54, 1.807) is 6.92 Å². The van der Waals surface area contributed by atoms with Gasteiger partial charge >= 0.3 is 5.97 Å². The lowest BCUT2D eigenvalue weighted by molar-refractivity contribution is -0.147. The van der Waals surface area contributed by atoms with Crippen molar-refractivity contribution in [3.8, 4) is 0 Å². The van der Waals surface area contributed by atoms with Crippen LogP contribution in [-0.2, 0) is 9.59 Å². The van der Waals surface area contributed by atoms with Crippen LogP contribution in [0, 0.1) is 0 Å². The topological polar surface area (TPSA) is 54.4 Å². The molecule has 0 spiro atoms. The molecular weight excluding hydrogens is 132 g/mol. The third kappa shape index (κ3) is 1.85. The molecule has 0 saturated heterocycles. The van der Waals surface area contributed by atoms with Crippen LogP contribution < -0.4 is 0 Å². The minimum absolute atomic E-state index is 0.118. The van der Waals surface area contributed by atoms with Crippen LogP contribution in [0.3, 0.4) is 0 Å². The molecule has 3 nitrogen and oxygen atoms in total. The zero-order valence-electron chi connectivity index (χ0n) is 5.63. The van der Waals surface area contributed by atoms with Gasteiger partial charge in [0, 0.05) is 5.57 Å². The Bertz CT molecular complexity index is 201. The Kier molecular flexibility index (Phi) is 3.11. The van der Waals surface area contributed by atoms with Gasteiger partial charge in [-0.2, -0.15) is 0 Å². The zero-order chi connectivity index (χ0) is 8.15. The molecule has 0 amide bonds. The minimum atomic E-state index is -1.45. The van der Waals surface area contributed by atoms with E-state index in [0.717, 1.165) is 0 Å². The fourth-order valence-electron chi connectivity index (χ4n) is 0.465. The maximum atomic E-state index is 10.6. The lowest BCUT2D eigenvalue weighted by Gasteiger charge is -1.91. The van der Waals surface area contributed by atoms with Gasteiger partial charge in [0.1, 0.15) is 0 Å². The van der Waals surface area contributed by atoms with Crippen molar-refractivity contribution in [1.29, 1.82) is 0 Å². The second-order valence-electron chi connectivity index (χ2n) is 1.58. The van der Waals surface area contributed by atoms with Gasteiger partial charge < -0.3 is 5.11 Å². The number of rotatable bonds is 3. The van der Waals surface area contributed by atoms with Crippen molar-refractivity contribution < 1.29 is 14.7 Å². The molecule has 0 fully saturated rings. The van der Waals surface area contributed by atoms with Crippen LogP contribution in [0.5, 0.6) is 0 Å². The Morgan fingerprint density at radius 1 is 1.50 bits per heavy atom. The molecule has 0 aliphatic rings. The van der Waals surface area contributed by atoms with Gasteiger partial charge in [0.05, 0.1) is 0 Å². The highest BCUT2D eigenvalue weighted by atomic mass is 16.4. The van der Waals surface area contributed by atoms with Crippen LogP contribution in [-0.4, -0.2) is 16.9 Å². The summed E-state index contributed by atoms with van der Waals surface area (Å²) in [6, 6.07) is 0. The van der Waals surface area contributed by atoms with E-state index in [4.69, 9.17) is 5.11 Å². The monoisotopic (exact) mass is 140 g/mol. The Morgan fingerprint density at radius 3 is 2.10 bits per heavy atom. The summed E-state index contributed by atoms with van der Waals surface area (Å²) in [5, 5.41) is 8.18. The van der Waals surface area contributed by atoms with Crippen molar-refractivity contribution in [2.45, 2.75) is 6.92 Å². The van der Waals surface area contributed by atoms with Crippen LogP contribution >= 0.6 is 0 Å². The summed E-state index contributed by atoms with van der Waals surface area (Å²) in [4.78, 5) is 20.6. The highest BCUT2D eigenvalue weighted by Crippen LogP contribution is 1.96. The minimum Gasteiger partial charge on any atom is -0.475 e. The fourth-order valence-corrected chi connectivity index (χ4v) is 0.465. The van der Waals surface area contributed by atoms with E-state index in [1.165, 1.54) is 12.2 Å². The summed E-state index contributed by atoms with van der Waals surface area (Å²) < 4.78 is 0. The zero-order valence-corrected chi connectivity index (χ0v) is 5.63. The summed E-state index contributed by atoms with van der Waals surface area (Å²) in [5.74, 6) is -2.37. The second-order valence-corrected chi connectivity index (χ2v) is 1.58.